The number of hydrogen-bond donors (Lipinski definition) is 1. The third-order valence-electron chi connectivity index (χ3n) is 4.49. The summed E-state index contributed by atoms with van der Waals surface area (Å²) in [4.78, 5) is 23.8. The van der Waals surface area contributed by atoms with Gasteiger partial charge in [-0.1, -0.05) is 6.07 Å². The van der Waals surface area contributed by atoms with Crippen molar-refractivity contribution < 1.29 is 9.21 Å². The number of carbonyl (C=O) groups is 1. The predicted octanol–water partition coefficient (Wildman–Crippen LogP) is 3.29. The molecule has 5 rings (SSSR count). The van der Waals surface area contributed by atoms with Crippen molar-refractivity contribution in [1.29, 1.82) is 0 Å². The molecule has 2 aliphatic heterocycles. The lowest BCUT2D eigenvalue weighted by Gasteiger charge is -2.20. The van der Waals surface area contributed by atoms with Gasteiger partial charge in [0.1, 0.15) is 22.7 Å². The van der Waals surface area contributed by atoms with Crippen LogP contribution in [0.4, 0.5) is 0 Å². The van der Waals surface area contributed by atoms with Gasteiger partial charge in [0, 0.05) is 23.4 Å². The fraction of sp³-hybridized carbons (Fsp3) is 0.235. The summed E-state index contributed by atoms with van der Waals surface area (Å²) in [6.07, 6.45) is 4.78. The highest BCUT2D eigenvalue weighted by atomic mass is 32.2. The summed E-state index contributed by atoms with van der Waals surface area (Å²) in [5, 5.41) is 13.2. The van der Waals surface area contributed by atoms with Crippen molar-refractivity contribution in [3.63, 3.8) is 0 Å². The average Bonchev–Trinajstić information content (AvgIpc) is 3.42. The van der Waals surface area contributed by atoms with E-state index in [1.165, 1.54) is 6.33 Å². The first kappa shape index (κ1) is 15.7. The minimum atomic E-state index is -0.947. The first-order chi connectivity index (χ1) is 12.8. The first-order valence-electron chi connectivity index (χ1n) is 8.24. The number of hydrogen-bond acceptors (Lipinski definition) is 7. The van der Waals surface area contributed by atoms with Gasteiger partial charge in [0.05, 0.1) is 17.5 Å². The molecule has 26 heavy (non-hydrogen) atoms. The normalized spacial score (nSPS) is 21.1. The summed E-state index contributed by atoms with van der Waals surface area (Å²) in [7, 11) is -0.947. The van der Waals surface area contributed by atoms with Gasteiger partial charge in [-0.3, -0.25) is 4.79 Å². The van der Waals surface area contributed by atoms with Crippen LogP contribution in [0.3, 0.4) is 0 Å². The zero-order chi connectivity index (χ0) is 17.5. The van der Waals surface area contributed by atoms with Crippen molar-refractivity contribution in [3.8, 4) is 10.4 Å². The molecule has 7 nitrogen and oxygen atoms in total. The van der Waals surface area contributed by atoms with E-state index in [9.17, 15) is 4.79 Å². The summed E-state index contributed by atoms with van der Waals surface area (Å²) >= 11 is 1.65. The molecule has 1 amide bonds. The summed E-state index contributed by atoms with van der Waals surface area (Å²) in [5.41, 5.74) is 3.40. The quantitative estimate of drug-likeness (QED) is 0.552. The van der Waals surface area contributed by atoms with Gasteiger partial charge in [-0.15, -0.1) is 27.3 Å². The Morgan fingerprint density at radius 1 is 1.35 bits per heavy atom. The summed E-state index contributed by atoms with van der Waals surface area (Å²) in [6, 6.07) is 4.07. The minimum absolute atomic E-state index is 0.185. The molecule has 5 heterocycles. The molecule has 0 aromatic carbocycles. The maximum Gasteiger partial charge on any atom is 0.230 e. The predicted molar refractivity (Wildman–Crippen MR) is 104 cm³/mol. The molecule has 132 valence electrons. The number of amides is 1. The van der Waals surface area contributed by atoms with E-state index in [-0.39, 0.29) is 5.91 Å². The van der Waals surface area contributed by atoms with E-state index in [0.29, 0.717) is 18.7 Å². The Balaban J connectivity index is 1.56. The van der Waals surface area contributed by atoms with Crippen molar-refractivity contribution in [2.75, 3.05) is 13.1 Å². The Morgan fingerprint density at radius 3 is 3.12 bits per heavy atom. The van der Waals surface area contributed by atoms with Crippen LogP contribution in [-0.2, 0) is 4.79 Å². The molecule has 1 atom stereocenters. The van der Waals surface area contributed by atoms with Crippen molar-refractivity contribution >= 4 is 49.8 Å². The van der Waals surface area contributed by atoms with E-state index in [1.807, 2.05) is 21.9 Å². The number of likely N-dealkylation sites (tertiary alicyclic amines) is 1. The summed E-state index contributed by atoms with van der Waals surface area (Å²) < 4.78 is 5.68. The molecule has 1 saturated heterocycles. The lowest BCUT2D eigenvalue weighted by atomic mass is 10.2. The maximum atomic E-state index is 12.0. The number of nitrogens with zero attached hydrogens (tertiary/aromatic N) is 5. The van der Waals surface area contributed by atoms with E-state index in [0.717, 1.165) is 38.9 Å². The highest BCUT2D eigenvalue weighted by Gasteiger charge is 2.28. The van der Waals surface area contributed by atoms with E-state index < -0.39 is 10.9 Å². The van der Waals surface area contributed by atoms with Gasteiger partial charge in [-0.05, 0) is 17.9 Å². The van der Waals surface area contributed by atoms with Crippen LogP contribution in [0.2, 0.25) is 0 Å². The molecule has 3 aromatic heterocycles. The SMILES string of the molecule is O=C1CCCN1CC1=NN=C[SH]1c1ncnc2occ(-c3cccs3)c12. The largest absolute Gasteiger partial charge is 0.445 e. The maximum absolute atomic E-state index is 12.0. The number of carbonyl (C=O) groups excluding carboxylic acids is 1. The molecule has 1 fully saturated rings. The zero-order valence-electron chi connectivity index (χ0n) is 13.7. The zero-order valence-corrected chi connectivity index (χ0v) is 15.4. The lowest BCUT2D eigenvalue weighted by Crippen LogP contribution is -2.30. The topological polar surface area (TPSA) is 84.0 Å². The number of fused-ring (bicyclic) bond motifs is 1. The fourth-order valence-corrected chi connectivity index (χ4v) is 5.72. The third kappa shape index (κ3) is 2.55. The Kier molecular flexibility index (Phi) is 3.83. The number of thiol groups is 1. The van der Waals surface area contributed by atoms with E-state index in [2.05, 4.69) is 26.2 Å². The van der Waals surface area contributed by atoms with Gasteiger partial charge in [0.15, 0.2) is 0 Å². The summed E-state index contributed by atoms with van der Waals surface area (Å²) in [6.45, 7) is 1.30. The van der Waals surface area contributed by atoms with Crippen molar-refractivity contribution in [3.05, 3.63) is 30.1 Å². The molecule has 0 aliphatic carbocycles. The average molecular weight is 385 g/mol. The Bertz CT molecular complexity index is 1040. The van der Waals surface area contributed by atoms with Gasteiger partial charge in [0.25, 0.3) is 0 Å². The molecular weight excluding hydrogens is 370 g/mol. The molecule has 0 saturated carbocycles. The smallest absolute Gasteiger partial charge is 0.230 e. The lowest BCUT2D eigenvalue weighted by molar-refractivity contribution is -0.127. The van der Waals surface area contributed by atoms with Gasteiger partial charge in [-0.25, -0.2) is 9.97 Å². The Hall–Kier alpha value is -2.52. The van der Waals surface area contributed by atoms with Crippen LogP contribution in [0.15, 0.2) is 49.7 Å². The fourth-order valence-electron chi connectivity index (χ4n) is 3.24. The van der Waals surface area contributed by atoms with Gasteiger partial charge < -0.3 is 9.32 Å². The van der Waals surface area contributed by atoms with E-state index in [1.54, 1.807) is 17.6 Å². The number of aromatic nitrogens is 2. The number of rotatable bonds is 4. The molecule has 0 bridgehead atoms. The third-order valence-corrected chi connectivity index (χ3v) is 7.31. The van der Waals surface area contributed by atoms with E-state index in [4.69, 9.17) is 4.42 Å². The van der Waals surface area contributed by atoms with E-state index >= 15 is 0 Å². The Labute approximate surface area is 155 Å². The van der Waals surface area contributed by atoms with Crippen molar-refractivity contribution in [2.45, 2.75) is 17.9 Å². The molecule has 3 aromatic rings. The van der Waals surface area contributed by atoms with Crippen LogP contribution in [0.25, 0.3) is 21.5 Å². The number of furan rings is 1. The van der Waals surface area contributed by atoms with Crippen molar-refractivity contribution in [1.82, 2.24) is 14.9 Å². The van der Waals surface area contributed by atoms with Crippen LogP contribution < -0.4 is 0 Å². The molecule has 0 N–H and O–H groups in total. The monoisotopic (exact) mass is 385 g/mol. The highest BCUT2D eigenvalue weighted by Crippen LogP contribution is 2.45. The second-order valence-electron chi connectivity index (χ2n) is 6.04. The standard InChI is InChI=1S/C17H15N5O2S2/c23-14-4-1-5-22(14)7-13-21-20-10-26(13)17-15-11(12-3-2-6-25-12)8-24-16(15)18-9-19-17/h2-3,6,8-10,26H,1,4-5,7H2. The van der Waals surface area contributed by atoms with Gasteiger partial charge >= 0.3 is 0 Å². The molecule has 9 heteroatoms. The van der Waals surface area contributed by atoms with Crippen LogP contribution in [0.1, 0.15) is 12.8 Å². The second kappa shape index (κ2) is 6.33. The Morgan fingerprint density at radius 2 is 2.31 bits per heavy atom. The molecule has 1 unspecified atom stereocenters. The number of thiophene rings is 1. The van der Waals surface area contributed by atoms with Crippen LogP contribution in [0, 0.1) is 0 Å². The van der Waals surface area contributed by atoms with Gasteiger partial charge in [-0.2, -0.15) is 5.10 Å². The first-order valence-corrected chi connectivity index (χ1v) is 10.5. The van der Waals surface area contributed by atoms with Crippen molar-refractivity contribution in [2.24, 2.45) is 10.2 Å². The summed E-state index contributed by atoms with van der Waals surface area (Å²) in [5.74, 6) is 0.185. The van der Waals surface area contributed by atoms with Crippen LogP contribution in [0.5, 0.6) is 0 Å². The van der Waals surface area contributed by atoms with Crippen LogP contribution in [-0.4, -0.2) is 44.5 Å². The highest BCUT2D eigenvalue weighted by molar-refractivity contribution is 8.40. The van der Waals surface area contributed by atoms with Gasteiger partial charge in [0.2, 0.25) is 11.6 Å². The molecule has 2 aliphatic rings. The van der Waals surface area contributed by atoms with Crippen LogP contribution >= 0.6 is 22.2 Å². The molecule has 0 spiro atoms. The second-order valence-corrected chi connectivity index (χ2v) is 8.90. The molecule has 0 radical (unpaired) electrons. The molecular formula is C17H15N5O2S2. The minimum Gasteiger partial charge on any atom is -0.445 e.